The summed E-state index contributed by atoms with van der Waals surface area (Å²) in [4.78, 5) is 2.39. The average molecular weight is 143 g/mol. The van der Waals surface area contributed by atoms with Crippen LogP contribution in [-0.4, -0.2) is 25.0 Å². The molecule has 10 heavy (non-hydrogen) atoms. The Bertz CT molecular complexity index is 86.7. The van der Waals surface area contributed by atoms with Gasteiger partial charge in [-0.1, -0.05) is 27.7 Å². The molecule has 0 spiro atoms. The molecule has 0 aromatic carbocycles. The quantitative estimate of drug-likeness (QED) is 0.503. The van der Waals surface area contributed by atoms with Gasteiger partial charge in [0.1, 0.15) is 0 Å². The lowest BCUT2D eigenvalue weighted by atomic mass is 9.93. The van der Waals surface area contributed by atoms with Gasteiger partial charge in [-0.2, -0.15) is 0 Å². The molecule has 0 unspecified atom stereocenters. The van der Waals surface area contributed by atoms with E-state index in [0.29, 0.717) is 5.41 Å². The minimum atomic E-state index is 0.592. The fourth-order valence-electron chi connectivity index (χ4n) is 1.38. The van der Waals surface area contributed by atoms with Crippen molar-refractivity contribution in [2.75, 3.05) is 20.1 Å². The highest BCUT2D eigenvalue weighted by Crippen LogP contribution is 2.26. The molecule has 0 N–H and O–H groups in total. The SMILES string of the molecule is CC.CN1CCC(C)(C)C1. The van der Waals surface area contributed by atoms with Crippen LogP contribution in [0.25, 0.3) is 0 Å². The first kappa shape index (κ1) is 9.96. The summed E-state index contributed by atoms with van der Waals surface area (Å²) in [6.07, 6.45) is 1.36. The van der Waals surface area contributed by atoms with Crippen LogP contribution in [0.5, 0.6) is 0 Å². The Morgan fingerprint density at radius 2 is 1.70 bits per heavy atom. The number of nitrogens with zero attached hydrogens (tertiary/aromatic N) is 1. The molecule has 1 saturated heterocycles. The van der Waals surface area contributed by atoms with Crippen LogP contribution in [0.3, 0.4) is 0 Å². The minimum Gasteiger partial charge on any atom is -0.306 e. The molecular formula is C9H21N. The second kappa shape index (κ2) is 3.97. The highest BCUT2D eigenvalue weighted by molar-refractivity contribution is 4.79. The molecule has 0 aromatic heterocycles. The average Bonchev–Trinajstić information content (AvgIpc) is 2.15. The lowest BCUT2D eigenvalue weighted by Crippen LogP contribution is -2.18. The zero-order valence-electron chi connectivity index (χ0n) is 8.07. The van der Waals surface area contributed by atoms with Crippen molar-refractivity contribution in [2.24, 2.45) is 5.41 Å². The van der Waals surface area contributed by atoms with Gasteiger partial charge in [0.2, 0.25) is 0 Å². The van der Waals surface area contributed by atoms with Gasteiger partial charge in [-0.25, -0.2) is 0 Å². The van der Waals surface area contributed by atoms with Gasteiger partial charge in [0.25, 0.3) is 0 Å². The zero-order valence-corrected chi connectivity index (χ0v) is 8.07. The van der Waals surface area contributed by atoms with Gasteiger partial charge in [-0.15, -0.1) is 0 Å². The van der Waals surface area contributed by atoms with Crippen molar-refractivity contribution in [1.82, 2.24) is 4.90 Å². The molecule has 1 rings (SSSR count). The van der Waals surface area contributed by atoms with E-state index in [2.05, 4.69) is 25.8 Å². The molecule has 0 amide bonds. The molecule has 1 fully saturated rings. The second-order valence-electron chi connectivity index (χ2n) is 3.65. The predicted molar refractivity (Wildman–Crippen MR) is 47.2 cm³/mol. The van der Waals surface area contributed by atoms with Gasteiger partial charge in [-0.3, -0.25) is 0 Å². The predicted octanol–water partition coefficient (Wildman–Crippen LogP) is 2.37. The van der Waals surface area contributed by atoms with Crippen molar-refractivity contribution in [3.05, 3.63) is 0 Å². The van der Waals surface area contributed by atoms with Crippen LogP contribution < -0.4 is 0 Å². The molecular weight excluding hydrogens is 122 g/mol. The van der Waals surface area contributed by atoms with Gasteiger partial charge in [0, 0.05) is 6.54 Å². The highest BCUT2D eigenvalue weighted by Gasteiger charge is 2.26. The molecule has 1 heterocycles. The second-order valence-corrected chi connectivity index (χ2v) is 3.65. The fraction of sp³-hybridized carbons (Fsp3) is 1.00. The molecule has 0 bridgehead atoms. The summed E-state index contributed by atoms with van der Waals surface area (Å²) < 4.78 is 0. The molecule has 0 aliphatic carbocycles. The summed E-state index contributed by atoms with van der Waals surface area (Å²) in [5, 5.41) is 0. The molecule has 0 radical (unpaired) electrons. The van der Waals surface area contributed by atoms with E-state index < -0.39 is 0 Å². The molecule has 0 saturated carbocycles. The van der Waals surface area contributed by atoms with E-state index in [4.69, 9.17) is 0 Å². The van der Waals surface area contributed by atoms with Crippen LogP contribution in [-0.2, 0) is 0 Å². The van der Waals surface area contributed by atoms with E-state index in [-0.39, 0.29) is 0 Å². The van der Waals surface area contributed by atoms with Crippen molar-refractivity contribution in [3.8, 4) is 0 Å². The lowest BCUT2D eigenvalue weighted by Gasteiger charge is -2.15. The lowest BCUT2D eigenvalue weighted by molar-refractivity contribution is 0.337. The van der Waals surface area contributed by atoms with Crippen molar-refractivity contribution >= 4 is 0 Å². The summed E-state index contributed by atoms with van der Waals surface area (Å²) in [6.45, 7) is 11.2. The van der Waals surface area contributed by atoms with Crippen molar-refractivity contribution in [3.63, 3.8) is 0 Å². The molecule has 0 atom stereocenters. The molecule has 62 valence electrons. The smallest absolute Gasteiger partial charge is 0.00301 e. The van der Waals surface area contributed by atoms with Crippen molar-refractivity contribution in [2.45, 2.75) is 34.1 Å². The molecule has 1 aliphatic rings. The topological polar surface area (TPSA) is 3.24 Å². The van der Waals surface area contributed by atoms with E-state index in [1.165, 1.54) is 19.5 Å². The third-order valence-electron chi connectivity index (χ3n) is 1.87. The summed E-state index contributed by atoms with van der Waals surface area (Å²) in [7, 11) is 2.19. The Balaban J connectivity index is 0.000000371. The normalized spacial score (nSPS) is 23.7. The van der Waals surface area contributed by atoms with Gasteiger partial charge in [0.05, 0.1) is 0 Å². The zero-order chi connectivity index (χ0) is 8.20. The number of rotatable bonds is 0. The Labute approximate surface area is 65.4 Å². The largest absolute Gasteiger partial charge is 0.306 e. The van der Waals surface area contributed by atoms with Gasteiger partial charge in [-0.05, 0) is 25.4 Å². The Morgan fingerprint density at radius 3 is 1.80 bits per heavy atom. The monoisotopic (exact) mass is 143 g/mol. The standard InChI is InChI=1S/C7H15N.C2H6/c1-7(2)4-5-8(3)6-7;1-2/h4-6H2,1-3H3;1-2H3. The van der Waals surface area contributed by atoms with Crippen LogP contribution in [0.4, 0.5) is 0 Å². The Hall–Kier alpha value is -0.0400. The van der Waals surface area contributed by atoms with Crippen LogP contribution >= 0.6 is 0 Å². The number of likely N-dealkylation sites (tertiary alicyclic amines) is 1. The summed E-state index contributed by atoms with van der Waals surface area (Å²) >= 11 is 0. The molecule has 1 aliphatic heterocycles. The first-order valence-electron chi connectivity index (χ1n) is 4.29. The Kier molecular flexibility index (Phi) is 3.95. The van der Waals surface area contributed by atoms with Crippen molar-refractivity contribution < 1.29 is 0 Å². The fourth-order valence-corrected chi connectivity index (χ4v) is 1.38. The molecule has 1 heteroatoms. The van der Waals surface area contributed by atoms with Gasteiger partial charge < -0.3 is 4.90 Å². The third-order valence-corrected chi connectivity index (χ3v) is 1.87. The van der Waals surface area contributed by atoms with Crippen LogP contribution in [0.1, 0.15) is 34.1 Å². The Morgan fingerprint density at radius 1 is 1.20 bits per heavy atom. The maximum Gasteiger partial charge on any atom is 0.00301 e. The maximum absolute atomic E-state index is 2.39. The van der Waals surface area contributed by atoms with E-state index in [9.17, 15) is 0 Å². The molecule has 0 aromatic rings. The number of hydrogen-bond donors (Lipinski definition) is 0. The summed E-state index contributed by atoms with van der Waals surface area (Å²) in [5.41, 5.74) is 0.592. The van der Waals surface area contributed by atoms with Gasteiger partial charge >= 0.3 is 0 Å². The van der Waals surface area contributed by atoms with Crippen LogP contribution in [0.2, 0.25) is 0 Å². The first-order valence-corrected chi connectivity index (χ1v) is 4.29. The van der Waals surface area contributed by atoms with E-state index in [0.717, 1.165) is 0 Å². The third kappa shape index (κ3) is 3.21. The first-order chi connectivity index (χ1) is 4.60. The highest BCUT2D eigenvalue weighted by atomic mass is 15.1. The summed E-state index contributed by atoms with van der Waals surface area (Å²) in [5.74, 6) is 0. The minimum absolute atomic E-state index is 0.592. The number of hydrogen-bond acceptors (Lipinski definition) is 1. The summed E-state index contributed by atoms with van der Waals surface area (Å²) in [6, 6.07) is 0. The maximum atomic E-state index is 2.39. The van der Waals surface area contributed by atoms with Crippen molar-refractivity contribution in [1.29, 1.82) is 0 Å². The molecule has 1 nitrogen and oxygen atoms in total. The van der Waals surface area contributed by atoms with Crippen LogP contribution in [0, 0.1) is 5.41 Å². The van der Waals surface area contributed by atoms with E-state index >= 15 is 0 Å². The van der Waals surface area contributed by atoms with Gasteiger partial charge in [0.15, 0.2) is 0 Å². The van der Waals surface area contributed by atoms with E-state index in [1.807, 2.05) is 13.8 Å². The van der Waals surface area contributed by atoms with Crippen LogP contribution in [0.15, 0.2) is 0 Å². The van der Waals surface area contributed by atoms with E-state index in [1.54, 1.807) is 0 Å².